The lowest BCUT2D eigenvalue weighted by molar-refractivity contribution is -0.385. The van der Waals surface area contributed by atoms with E-state index in [0.29, 0.717) is 0 Å². The van der Waals surface area contributed by atoms with Crippen LogP contribution in [0, 0.1) is 20.2 Å². The van der Waals surface area contributed by atoms with Crippen LogP contribution in [-0.2, 0) is 14.8 Å². The summed E-state index contributed by atoms with van der Waals surface area (Å²) in [5, 5.41) is 21.7. The van der Waals surface area contributed by atoms with Gasteiger partial charge in [0.25, 0.3) is 27.3 Å². The van der Waals surface area contributed by atoms with Gasteiger partial charge >= 0.3 is 0 Å². The van der Waals surface area contributed by atoms with Crippen LogP contribution in [0.5, 0.6) is 0 Å². The Morgan fingerprint density at radius 3 is 2.23 bits per heavy atom. The molecule has 0 unspecified atom stereocenters. The zero-order chi connectivity index (χ0) is 22.9. The molecule has 0 spiro atoms. The quantitative estimate of drug-likeness (QED) is 0.356. The number of carbonyl (C=O) groups is 1. The molecule has 1 amide bonds. The number of halogens is 1. The number of nitro groups is 2. The van der Waals surface area contributed by atoms with E-state index in [-0.39, 0.29) is 36.9 Å². The number of nitro benzene ring substituents is 2. The zero-order valence-corrected chi connectivity index (χ0v) is 17.8. The Labute approximate surface area is 184 Å². The van der Waals surface area contributed by atoms with E-state index < -0.39 is 25.8 Å². The van der Waals surface area contributed by atoms with Crippen molar-refractivity contribution in [1.29, 1.82) is 0 Å². The Balaban J connectivity index is 1.95. The molecule has 0 radical (unpaired) electrons. The number of likely N-dealkylation sites (N-methyl/N-ethyl adjacent to an activating group) is 1. The van der Waals surface area contributed by atoms with Crippen molar-refractivity contribution >= 4 is 61.9 Å². The van der Waals surface area contributed by atoms with Crippen molar-refractivity contribution < 1.29 is 23.1 Å². The number of amides is 1. The second kappa shape index (κ2) is 8.45. The molecule has 1 saturated heterocycles. The van der Waals surface area contributed by atoms with Crippen molar-refractivity contribution in [2.24, 2.45) is 4.40 Å². The molecule has 31 heavy (non-hydrogen) atoms. The van der Waals surface area contributed by atoms with Crippen LogP contribution in [0.3, 0.4) is 0 Å². The summed E-state index contributed by atoms with van der Waals surface area (Å²) in [7, 11) is -2.94. The minimum atomic E-state index is -4.26. The normalized spacial score (nSPS) is 16.8. The molecule has 0 aliphatic carbocycles. The van der Waals surface area contributed by atoms with E-state index in [4.69, 9.17) is 11.6 Å². The first-order chi connectivity index (χ1) is 14.5. The molecule has 1 aliphatic heterocycles. The fraction of sp³-hybridized carbons (Fsp3) is 0.0588. The number of amidine groups is 1. The number of nitrogens with zero attached hydrogens (tertiary/aromatic N) is 4. The van der Waals surface area contributed by atoms with E-state index in [9.17, 15) is 33.4 Å². The largest absolute Gasteiger partial charge is 0.289 e. The third kappa shape index (κ3) is 4.73. The van der Waals surface area contributed by atoms with Gasteiger partial charge in [-0.1, -0.05) is 11.6 Å². The third-order valence-corrected chi connectivity index (χ3v) is 6.83. The van der Waals surface area contributed by atoms with E-state index >= 15 is 0 Å². The SMILES string of the molecule is CN1C(=O)C(=Cc2cc([N+](=O)[O-])ccc2Cl)SC1=NS(=O)(=O)c1ccc([N+](=O)[O-])cc1. The van der Waals surface area contributed by atoms with Crippen molar-refractivity contribution in [3.8, 4) is 0 Å². The first-order valence-corrected chi connectivity index (χ1v) is 10.8. The number of carbonyl (C=O) groups excluding carboxylic acids is 1. The van der Waals surface area contributed by atoms with Crippen LogP contribution < -0.4 is 0 Å². The van der Waals surface area contributed by atoms with Crippen LogP contribution >= 0.6 is 23.4 Å². The minimum absolute atomic E-state index is 0.0579. The third-order valence-electron chi connectivity index (χ3n) is 4.02. The van der Waals surface area contributed by atoms with Crippen molar-refractivity contribution in [3.05, 3.63) is 78.2 Å². The first-order valence-electron chi connectivity index (χ1n) is 8.20. The van der Waals surface area contributed by atoms with Gasteiger partial charge < -0.3 is 0 Å². The molecule has 0 atom stereocenters. The van der Waals surface area contributed by atoms with Crippen LogP contribution in [0.4, 0.5) is 11.4 Å². The highest BCUT2D eigenvalue weighted by Gasteiger charge is 2.32. The topological polar surface area (TPSA) is 153 Å². The number of thioether (sulfide) groups is 1. The molecule has 0 N–H and O–H groups in total. The summed E-state index contributed by atoms with van der Waals surface area (Å²) >= 11 is 6.79. The van der Waals surface area contributed by atoms with Crippen molar-refractivity contribution in [2.45, 2.75) is 4.90 Å². The van der Waals surface area contributed by atoms with Crippen LogP contribution in [0.2, 0.25) is 5.02 Å². The van der Waals surface area contributed by atoms with Gasteiger partial charge in [-0.2, -0.15) is 8.42 Å². The van der Waals surface area contributed by atoms with Crippen LogP contribution in [0.15, 0.2) is 56.7 Å². The molecule has 160 valence electrons. The highest BCUT2D eigenvalue weighted by atomic mass is 35.5. The second-order valence-electron chi connectivity index (χ2n) is 6.04. The van der Waals surface area contributed by atoms with E-state index in [0.717, 1.165) is 40.9 Å². The van der Waals surface area contributed by atoms with Crippen molar-refractivity contribution in [1.82, 2.24) is 4.90 Å². The van der Waals surface area contributed by atoms with Gasteiger partial charge in [0.2, 0.25) is 0 Å². The summed E-state index contributed by atoms with van der Waals surface area (Å²) in [5.74, 6) is -0.578. The maximum absolute atomic E-state index is 12.5. The summed E-state index contributed by atoms with van der Waals surface area (Å²) in [5.41, 5.74) is -0.303. The van der Waals surface area contributed by atoms with Crippen LogP contribution in [0.25, 0.3) is 6.08 Å². The lowest BCUT2D eigenvalue weighted by Gasteiger charge is -2.07. The molecule has 1 fully saturated rings. The van der Waals surface area contributed by atoms with E-state index in [1.165, 1.54) is 31.3 Å². The number of hydrogen-bond donors (Lipinski definition) is 0. The number of benzene rings is 2. The molecule has 1 aliphatic rings. The Morgan fingerprint density at radius 2 is 1.65 bits per heavy atom. The highest BCUT2D eigenvalue weighted by molar-refractivity contribution is 8.19. The Morgan fingerprint density at radius 1 is 1.06 bits per heavy atom. The smallest absolute Gasteiger partial charge is 0.284 e. The summed E-state index contributed by atoms with van der Waals surface area (Å²) in [6.45, 7) is 0. The van der Waals surface area contributed by atoms with Crippen molar-refractivity contribution in [2.75, 3.05) is 7.05 Å². The van der Waals surface area contributed by atoms with Crippen molar-refractivity contribution in [3.63, 3.8) is 0 Å². The monoisotopic (exact) mass is 482 g/mol. The molecule has 0 bridgehead atoms. The predicted molar refractivity (Wildman–Crippen MR) is 114 cm³/mol. The number of hydrogen-bond acceptors (Lipinski definition) is 8. The molecule has 1 heterocycles. The molecule has 0 aromatic heterocycles. The Bertz CT molecular complexity index is 1270. The van der Waals surface area contributed by atoms with E-state index in [1.807, 2.05) is 0 Å². The molecule has 0 saturated carbocycles. The maximum Gasteiger partial charge on any atom is 0.284 e. The van der Waals surface area contributed by atoms with Gasteiger partial charge in [0.1, 0.15) is 0 Å². The second-order valence-corrected chi connectivity index (χ2v) is 9.06. The van der Waals surface area contributed by atoms with E-state index in [2.05, 4.69) is 4.40 Å². The fourth-order valence-electron chi connectivity index (χ4n) is 2.43. The molecular weight excluding hydrogens is 472 g/mol. The Hall–Kier alpha value is -3.29. The van der Waals surface area contributed by atoms with Gasteiger partial charge in [-0.3, -0.25) is 29.9 Å². The van der Waals surface area contributed by atoms with Gasteiger partial charge in [-0.15, -0.1) is 4.40 Å². The summed E-state index contributed by atoms with van der Waals surface area (Å²) in [6.07, 6.45) is 1.31. The summed E-state index contributed by atoms with van der Waals surface area (Å²) < 4.78 is 28.7. The Kier molecular flexibility index (Phi) is 6.10. The fourth-order valence-corrected chi connectivity index (χ4v) is 4.78. The zero-order valence-electron chi connectivity index (χ0n) is 15.5. The lowest BCUT2D eigenvalue weighted by Crippen LogP contribution is -2.24. The number of rotatable bonds is 5. The maximum atomic E-state index is 12.5. The molecule has 2 aromatic rings. The average Bonchev–Trinajstić information content (AvgIpc) is 2.96. The standard InChI is InChI=1S/C17H11ClN4O7S2/c1-20-16(23)15(9-10-8-12(22(26)27)4-7-14(10)18)30-17(20)19-31(28,29)13-5-2-11(3-6-13)21(24)25/h2-9H,1H3. The number of sulfonamides is 1. The van der Waals surface area contributed by atoms with Crippen LogP contribution in [-0.4, -0.2) is 41.3 Å². The van der Waals surface area contributed by atoms with Gasteiger partial charge in [0.05, 0.1) is 19.6 Å². The van der Waals surface area contributed by atoms with Crippen LogP contribution in [0.1, 0.15) is 5.56 Å². The average molecular weight is 483 g/mol. The minimum Gasteiger partial charge on any atom is -0.289 e. The summed E-state index contributed by atoms with van der Waals surface area (Å²) in [4.78, 5) is 33.7. The number of non-ortho nitro benzene ring substituents is 2. The van der Waals surface area contributed by atoms with Gasteiger partial charge in [0.15, 0.2) is 5.17 Å². The molecule has 14 heteroatoms. The van der Waals surface area contributed by atoms with Gasteiger partial charge in [0, 0.05) is 41.9 Å². The summed E-state index contributed by atoms with van der Waals surface area (Å²) in [6, 6.07) is 7.85. The van der Waals surface area contributed by atoms with Gasteiger partial charge in [-0.05, 0) is 36.0 Å². The lowest BCUT2D eigenvalue weighted by atomic mass is 10.2. The van der Waals surface area contributed by atoms with E-state index in [1.54, 1.807) is 0 Å². The predicted octanol–water partition coefficient (Wildman–Crippen LogP) is 3.45. The molecule has 2 aromatic carbocycles. The first kappa shape index (κ1) is 22.4. The molecule has 3 rings (SSSR count). The van der Waals surface area contributed by atoms with Gasteiger partial charge in [-0.25, -0.2) is 0 Å². The molecule has 11 nitrogen and oxygen atoms in total. The highest BCUT2D eigenvalue weighted by Crippen LogP contribution is 2.34. The molecular formula is C17H11ClN4O7S2.